The number of benzene rings is 1. The standard InChI is InChI=1S/C14H11F2N3O2/c15-11-2-1-10(7-12(11)16)19-14(21)13(20)18-8-9-3-5-17-6-4-9/h1-7H,8H2,(H,18,20)(H,19,21). The number of amides is 2. The Morgan fingerprint density at radius 3 is 2.38 bits per heavy atom. The number of rotatable bonds is 3. The Balaban J connectivity index is 1.90. The minimum absolute atomic E-state index is 0.00189. The highest BCUT2D eigenvalue weighted by molar-refractivity contribution is 6.39. The lowest BCUT2D eigenvalue weighted by Crippen LogP contribution is -2.35. The third-order valence-corrected chi connectivity index (χ3v) is 2.59. The van der Waals surface area contributed by atoms with E-state index in [-0.39, 0.29) is 12.2 Å². The number of aromatic nitrogens is 1. The first-order valence-electron chi connectivity index (χ1n) is 5.99. The summed E-state index contributed by atoms with van der Waals surface area (Å²) in [5.74, 6) is -3.98. The van der Waals surface area contributed by atoms with Crippen molar-refractivity contribution in [3.05, 3.63) is 59.9 Å². The van der Waals surface area contributed by atoms with E-state index < -0.39 is 23.4 Å². The summed E-state index contributed by atoms with van der Waals surface area (Å²) < 4.78 is 25.7. The van der Waals surface area contributed by atoms with Gasteiger partial charge in [0.05, 0.1) is 0 Å². The number of halogens is 2. The largest absolute Gasteiger partial charge is 0.344 e. The summed E-state index contributed by atoms with van der Waals surface area (Å²) in [6.07, 6.45) is 3.12. The fraction of sp³-hybridized carbons (Fsp3) is 0.0714. The summed E-state index contributed by atoms with van der Waals surface area (Å²) in [5.41, 5.74) is 0.775. The van der Waals surface area contributed by atoms with Gasteiger partial charge in [0, 0.05) is 30.7 Å². The smallest absolute Gasteiger partial charge is 0.313 e. The summed E-state index contributed by atoms with van der Waals surface area (Å²) >= 11 is 0. The lowest BCUT2D eigenvalue weighted by molar-refractivity contribution is -0.136. The maximum Gasteiger partial charge on any atom is 0.313 e. The van der Waals surface area contributed by atoms with E-state index in [1.54, 1.807) is 24.5 Å². The number of hydrogen-bond acceptors (Lipinski definition) is 3. The van der Waals surface area contributed by atoms with E-state index >= 15 is 0 Å². The van der Waals surface area contributed by atoms with Crippen molar-refractivity contribution in [2.75, 3.05) is 5.32 Å². The summed E-state index contributed by atoms with van der Waals surface area (Å²) in [4.78, 5) is 27.0. The summed E-state index contributed by atoms with van der Waals surface area (Å²) in [7, 11) is 0. The number of hydrogen-bond donors (Lipinski definition) is 2. The van der Waals surface area contributed by atoms with Gasteiger partial charge in [-0.25, -0.2) is 8.78 Å². The molecule has 1 aromatic heterocycles. The summed E-state index contributed by atoms with van der Waals surface area (Å²) in [6, 6.07) is 6.19. The molecule has 2 aromatic rings. The minimum Gasteiger partial charge on any atom is -0.344 e. The molecule has 2 rings (SSSR count). The molecule has 7 heteroatoms. The first-order chi connectivity index (χ1) is 10.1. The lowest BCUT2D eigenvalue weighted by atomic mass is 10.2. The first-order valence-corrected chi connectivity index (χ1v) is 5.99. The molecule has 0 atom stereocenters. The molecule has 2 amide bonds. The van der Waals surface area contributed by atoms with Gasteiger partial charge < -0.3 is 10.6 Å². The Hall–Kier alpha value is -2.83. The van der Waals surface area contributed by atoms with Gasteiger partial charge >= 0.3 is 11.8 Å². The zero-order valence-electron chi connectivity index (χ0n) is 10.8. The monoisotopic (exact) mass is 291 g/mol. The maximum atomic E-state index is 13.0. The van der Waals surface area contributed by atoms with Crippen LogP contribution in [-0.2, 0) is 16.1 Å². The van der Waals surface area contributed by atoms with Crippen molar-refractivity contribution in [1.82, 2.24) is 10.3 Å². The van der Waals surface area contributed by atoms with E-state index in [1.165, 1.54) is 0 Å². The number of nitrogens with one attached hydrogen (secondary N) is 2. The molecule has 0 bridgehead atoms. The third-order valence-electron chi connectivity index (χ3n) is 2.59. The number of carbonyl (C=O) groups excluding carboxylic acids is 2. The fourth-order valence-electron chi connectivity index (χ4n) is 1.53. The number of carbonyl (C=O) groups is 2. The fourth-order valence-corrected chi connectivity index (χ4v) is 1.53. The van der Waals surface area contributed by atoms with Crippen LogP contribution in [0.2, 0.25) is 0 Å². The highest BCUT2D eigenvalue weighted by Crippen LogP contribution is 2.12. The molecule has 1 heterocycles. The molecule has 0 saturated heterocycles. The highest BCUT2D eigenvalue weighted by atomic mass is 19.2. The number of pyridine rings is 1. The Bertz CT molecular complexity index is 663. The van der Waals surface area contributed by atoms with Crippen LogP contribution in [0.1, 0.15) is 5.56 Å². The molecular weight excluding hydrogens is 280 g/mol. The Morgan fingerprint density at radius 2 is 1.71 bits per heavy atom. The third kappa shape index (κ3) is 4.07. The van der Waals surface area contributed by atoms with Gasteiger partial charge in [0.1, 0.15) is 0 Å². The van der Waals surface area contributed by atoms with E-state index in [4.69, 9.17) is 0 Å². The van der Waals surface area contributed by atoms with E-state index in [1.807, 2.05) is 0 Å². The van der Waals surface area contributed by atoms with Crippen LogP contribution in [0.5, 0.6) is 0 Å². The normalized spacial score (nSPS) is 10.0. The molecule has 0 unspecified atom stereocenters. The van der Waals surface area contributed by atoms with E-state index in [0.29, 0.717) is 0 Å². The van der Waals surface area contributed by atoms with E-state index in [2.05, 4.69) is 15.6 Å². The zero-order chi connectivity index (χ0) is 15.2. The molecule has 0 fully saturated rings. The second kappa shape index (κ2) is 6.56. The van der Waals surface area contributed by atoms with Gasteiger partial charge in [-0.05, 0) is 29.8 Å². The second-order valence-electron chi connectivity index (χ2n) is 4.12. The van der Waals surface area contributed by atoms with Gasteiger partial charge in [0.2, 0.25) is 0 Å². The predicted molar refractivity (Wildman–Crippen MR) is 71.1 cm³/mol. The van der Waals surface area contributed by atoms with Gasteiger partial charge in [-0.15, -0.1) is 0 Å². The van der Waals surface area contributed by atoms with Crippen molar-refractivity contribution < 1.29 is 18.4 Å². The average Bonchev–Trinajstić information content (AvgIpc) is 2.49. The van der Waals surface area contributed by atoms with Crippen molar-refractivity contribution in [1.29, 1.82) is 0 Å². The Kier molecular flexibility index (Phi) is 4.55. The zero-order valence-corrected chi connectivity index (χ0v) is 10.8. The molecule has 1 aromatic carbocycles. The maximum absolute atomic E-state index is 13.0. The Morgan fingerprint density at radius 1 is 1.00 bits per heavy atom. The molecule has 21 heavy (non-hydrogen) atoms. The van der Waals surface area contributed by atoms with Crippen LogP contribution in [0.3, 0.4) is 0 Å². The first kappa shape index (κ1) is 14.6. The van der Waals surface area contributed by atoms with Crippen molar-refractivity contribution in [3.63, 3.8) is 0 Å². The minimum atomic E-state index is -1.11. The molecule has 0 aliphatic carbocycles. The van der Waals surface area contributed by atoms with Crippen molar-refractivity contribution in [2.24, 2.45) is 0 Å². The molecular formula is C14H11F2N3O2. The molecule has 2 N–H and O–H groups in total. The predicted octanol–water partition coefficient (Wildman–Crippen LogP) is 1.61. The molecule has 0 aliphatic heterocycles. The average molecular weight is 291 g/mol. The Labute approximate surface area is 119 Å². The highest BCUT2D eigenvalue weighted by Gasteiger charge is 2.14. The van der Waals surface area contributed by atoms with E-state index in [9.17, 15) is 18.4 Å². The van der Waals surface area contributed by atoms with Crippen LogP contribution in [0.4, 0.5) is 14.5 Å². The molecule has 0 aliphatic rings. The van der Waals surface area contributed by atoms with Gasteiger partial charge in [-0.1, -0.05) is 0 Å². The molecule has 108 valence electrons. The van der Waals surface area contributed by atoms with Crippen molar-refractivity contribution >= 4 is 17.5 Å². The topological polar surface area (TPSA) is 71.1 Å². The molecule has 0 saturated carbocycles. The van der Waals surface area contributed by atoms with Gasteiger partial charge in [0.25, 0.3) is 0 Å². The SMILES string of the molecule is O=C(NCc1ccncc1)C(=O)Nc1ccc(F)c(F)c1. The van der Waals surface area contributed by atoms with Crippen LogP contribution in [0.25, 0.3) is 0 Å². The number of nitrogens with zero attached hydrogens (tertiary/aromatic N) is 1. The van der Waals surface area contributed by atoms with Gasteiger partial charge in [-0.2, -0.15) is 0 Å². The lowest BCUT2D eigenvalue weighted by Gasteiger charge is -2.06. The second-order valence-corrected chi connectivity index (χ2v) is 4.12. The molecule has 5 nitrogen and oxygen atoms in total. The van der Waals surface area contributed by atoms with Crippen LogP contribution in [0.15, 0.2) is 42.7 Å². The van der Waals surface area contributed by atoms with Crippen molar-refractivity contribution in [3.8, 4) is 0 Å². The van der Waals surface area contributed by atoms with Crippen molar-refractivity contribution in [2.45, 2.75) is 6.54 Å². The number of anilines is 1. The molecule has 0 spiro atoms. The summed E-state index contributed by atoms with van der Waals surface area (Å²) in [6.45, 7) is 0.159. The van der Waals surface area contributed by atoms with Crippen LogP contribution in [0, 0.1) is 11.6 Å². The van der Waals surface area contributed by atoms with Crippen LogP contribution >= 0.6 is 0 Å². The molecule has 0 radical (unpaired) electrons. The summed E-state index contributed by atoms with van der Waals surface area (Å²) in [5, 5.41) is 4.57. The quantitative estimate of drug-likeness (QED) is 0.844. The van der Waals surface area contributed by atoms with E-state index in [0.717, 1.165) is 23.8 Å². The van der Waals surface area contributed by atoms with Gasteiger partial charge in [-0.3, -0.25) is 14.6 Å². The van der Waals surface area contributed by atoms with Gasteiger partial charge in [0.15, 0.2) is 11.6 Å². The van der Waals surface area contributed by atoms with Crippen LogP contribution < -0.4 is 10.6 Å². The van der Waals surface area contributed by atoms with Crippen LogP contribution in [-0.4, -0.2) is 16.8 Å².